The first kappa shape index (κ1) is 9.91. The number of hydrogen-bond donors (Lipinski definition) is 5. The van der Waals surface area contributed by atoms with Crippen LogP contribution in [0.3, 0.4) is 0 Å². The first-order valence-corrected chi connectivity index (χ1v) is 3.56. The molecule has 1 saturated heterocycles. The second kappa shape index (κ2) is 3.69. The molecule has 0 amide bonds. The maximum Gasteiger partial charge on any atom is 0.485 e. The molecule has 6 nitrogen and oxygen atoms in total. The second-order valence-corrected chi connectivity index (χ2v) is 2.72. The van der Waals surface area contributed by atoms with E-state index < -0.39 is 38.0 Å². The Morgan fingerprint density at radius 3 is 2.00 bits per heavy atom. The number of aliphatic hydroxyl groups is 3. The zero-order valence-corrected chi connectivity index (χ0v) is 6.24. The Hall–Kier alpha value is -0.175. The molecule has 0 aromatic rings. The lowest BCUT2D eigenvalue weighted by atomic mass is 9.78. The van der Waals surface area contributed by atoms with Crippen molar-refractivity contribution in [1.82, 2.24) is 0 Å². The lowest BCUT2D eigenvalue weighted by Crippen LogP contribution is -2.41. The highest BCUT2D eigenvalue weighted by Crippen LogP contribution is 2.21. The van der Waals surface area contributed by atoms with E-state index in [4.69, 9.17) is 30.1 Å². The average Bonchev–Trinajstić information content (AvgIpc) is 2.30. The number of rotatable bonds is 2. The summed E-state index contributed by atoms with van der Waals surface area (Å²) in [6, 6.07) is -1.25. The van der Waals surface area contributed by atoms with Gasteiger partial charge in [0, 0.05) is 0 Å². The Morgan fingerprint density at radius 1 is 1.17 bits per heavy atom. The molecule has 1 aliphatic rings. The summed E-state index contributed by atoms with van der Waals surface area (Å²) >= 11 is 0. The summed E-state index contributed by atoms with van der Waals surface area (Å²) in [4.78, 5) is 0. The first-order valence-electron chi connectivity index (χ1n) is 3.56. The van der Waals surface area contributed by atoms with Crippen molar-refractivity contribution in [2.45, 2.75) is 24.3 Å². The smallest absolute Gasteiger partial charge is 0.425 e. The highest BCUT2D eigenvalue weighted by atomic mass is 16.6. The molecule has 1 rings (SSSR count). The van der Waals surface area contributed by atoms with Crippen molar-refractivity contribution in [1.29, 1.82) is 0 Å². The normalized spacial score (nSPS) is 41.8. The summed E-state index contributed by atoms with van der Waals surface area (Å²) in [6.07, 6.45) is -3.60. The van der Waals surface area contributed by atoms with Crippen LogP contribution in [0.1, 0.15) is 0 Å². The van der Waals surface area contributed by atoms with Crippen LogP contribution in [0.15, 0.2) is 0 Å². The zero-order chi connectivity index (χ0) is 9.30. The van der Waals surface area contributed by atoms with Gasteiger partial charge < -0.3 is 30.1 Å². The molecule has 0 aromatic carbocycles. The summed E-state index contributed by atoms with van der Waals surface area (Å²) in [5.74, 6) is 0. The topological polar surface area (TPSA) is 110 Å². The van der Waals surface area contributed by atoms with E-state index in [-0.39, 0.29) is 0 Å². The van der Waals surface area contributed by atoms with Crippen LogP contribution in [0.5, 0.6) is 0 Å². The predicted octanol–water partition coefficient (Wildman–Crippen LogP) is -3.52. The van der Waals surface area contributed by atoms with Crippen LogP contribution < -0.4 is 0 Å². The van der Waals surface area contributed by atoms with Crippen LogP contribution >= 0.6 is 0 Å². The van der Waals surface area contributed by atoms with Gasteiger partial charge in [-0.15, -0.1) is 0 Å². The van der Waals surface area contributed by atoms with Gasteiger partial charge in [0.2, 0.25) is 0 Å². The van der Waals surface area contributed by atoms with Crippen molar-refractivity contribution in [3.8, 4) is 0 Å². The summed E-state index contributed by atoms with van der Waals surface area (Å²) < 4.78 is 4.75. The quantitative estimate of drug-likeness (QED) is 0.280. The van der Waals surface area contributed by atoms with Crippen molar-refractivity contribution in [3.63, 3.8) is 0 Å². The standard InChI is InChI=1S/C5H11BO6/c7-1-2-3(8)4(9)5(12-2)6(10)11/h2-5,7-11H,1H2/t2-,3-,4-,5?/m1/s1. The maximum atomic E-state index is 9.12. The summed E-state index contributed by atoms with van der Waals surface area (Å²) in [7, 11) is -1.86. The Morgan fingerprint density at radius 2 is 1.75 bits per heavy atom. The fourth-order valence-corrected chi connectivity index (χ4v) is 1.17. The second-order valence-electron chi connectivity index (χ2n) is 2.72. The van der Waals surface area contributed by atoms with E-state index in [1.54, 1.807) is 0 Å². The number of aliphatic hydroxyl groups excluding tert-OH is 3. The fourth-order valence-electron chi connectivity index (χ4n) is 1.17. The van der Waals surface area contributed by atoms with Crippen LogP contribution in [0.25, 0.3) is 0 Å². The molecule has 0 saturated carbocycles. The summed E-state index contributed by atoms with van der Waals surface area (Å²) in [5.41, 5.74) is 0. The van der Waals surface area contributed by atoms with Crippen LogP contribution in [-0.4, -0.2) is 63.4 Å². The molecule has 0 spiro atoms. The lowest BCUT2D eigenvalue weighted by molar-refractivity contribution is -0.0122. The van der Waals surface area contributed by atoms with E-state index in [9.17, 15) is 0 Å². The molecule has 0 aromatic heterocycles. The van der Waals surface area contributed by atoms with Gasteiger partial charge in [-0.25, -0.2) is 0 Å². The molecule has 1 unspecified atom stereocenters. The molecule has 70 valence electrons. The highest BCUT2D eigenvalue weighted by Gasteiger charge is 2.47. The molecule has 4 atom stereocenters. The van der Waals surface area contributed by atoms with Crippen molar-refractivity contribution in [2.75, 3.05) is 6.61 Å². The van der Waals surface area contributed by atoms with Gasteiger partial charge in [-0.05, 0) is 0 Å². The molecule has 1 heterocycles. The minimum atomic E-state index is -1.86. The third-order valence-corrected chi connectivity index (χ3v) is 1.87. The number of ether oxygens (including phenoxy) is 1. The van der Waals surface area contributed by atoms with Crippen LogP contribution in [0, 0.1) is 0 Å². The molecule has 12 heavy (non-hydrogen) atoms. The van der Waals surface area contributed by atoms with Crippen molar-refractivity contribution in [2.24, 2.45) is 0 Å². The van der Waals surface area contributed by atoms with Crippen LogP contribution in [0.2, 0.25) is 0 Å². The van der Waals surface area contributed by atoms with Gasteiger partial charge in [-0.2, -0.15) is 0 Å². The van der Waals surface area contributed by atoms with Gasteiger partial charge in [0.05, 0.1) is 6.61 Å². The Bertz CT molecular complexity index is 153. The molecule has 0 bridgehead atoms. The lowest BCUT2D eigenvalue weighted by Gasteiger charge is -2.12. The molecule has 0 radical (unpaired) electrons. The maximum absolute atomic E-state index is 9.12. The Kier molecular flexibility index (Phi) is 3.05. The Balaban J connectivity index is 2.60. The van der Waals surface area contributed by atoms with Gasteiger partial charge in [0.25, 0.3) is 0 Å². The molecule has 5 N–H and O–H groups in total. The van der Waals surface area contributed by atoms with Crippen LogP contribution in [0.4, 0.5) is 0 Å². The highest BCUT2D eigenvalue weighted by molar-refractivity contribution is 6.43. The molecule has 7 heteroatoms. The monoisotopic (exact) mass is 178 g/mol. The first-order chi connectivity index (χ1) is 5.57. The van der Waals surface area contributed by atoms with Crippen molar-refractivity contribution < 1.29 is 30.1 Å². The van der Waals surface area contributed by atoms with E-state index >= 15 is 0 Å². The van der Waals surface area contributed by atoms with Crippen LogP contribution in [-0.2, 0) is 4.74 Å². The van der Waals surface area contributed by atoms with E-state index in [0.717, 1.165) is 0 Å². The third kappa shape index (κ3) is 1.61. The van der Waals surface area contributed by atoms with E-state index in [1.165, 1.54) is 0 Å². The molecular weight excluding hydrogens is 167 g/mol. The number of hydrogen-bond acceptors (Lipinski definition) is 6. The summed E-state index contributed by atoms with van der Waals surface area (Å²) in [5, 5.41) is 44.1. The average molecular weight is 178 g/mol. The van der Waals surface area contributed by atoms with Gasteiger partial charge in [0.15, 0.2) is 0 Å². The molecule has 1 aliphatic heterocycles. The van der Waals surface area contributed by atoms with Gasteiger partial charge in [-0.1, -0.05) is 0 Å². The Labute approximate surface area is 69.2 Å². The van der Waals surface area contributed by atoms with Crippen molar-refractivity contribution in [3.05, 3.63) is 0 Å². The zero-order valence-electron chi connectivity index (χ0n) is 6.24. The molecule has 1 fully saturated rings. The molecular formula is C5H11BO6. The fraction of sp³-hybridized carbons (Fsp3) is 1.00. The summed E-state index contributed by atoms with van der Waals surface area (Å²) in [6.45, 7) is -0.471. The van der Waals surface area contributed by atoms with E-state index in [0.29, 0.717) is 0 Å². The predicted molar refractivity (Wildman–Crippen MR) is 38.0 cm³/mol. The minimum Gasteiger partial charge on any atom is -0.425 e. The minimum absolute atomic E-state index is 0.471. The van der Waals surface area contributed by atoms with Crippen molar-refractivity contribution >= 4 is 7.12 Å². The third-order valence-electron chi connectivity index (χ3n) is 1.87. The van der Waals surface area contributed by atoms with E-state index in [2.05, 4.69) is 0 Å². The van der Waals surface area contributed by atoms with Gasteiger partial charge in [-0.3, -0.25) is 0 Å². The van der Waals surface area contributed by atoms with Gasteiger partial charge >= 0.3 is 7.12 Å². The van der Waals surface area contributed by atoms with Gasteiger partial charge in [0.1, 0.15) is 24.3 Å². The van der Waals surface area contributed by atoms with E-state index in [1.807, 2.05) is 0 Å². The largest absolute Gasteiger partial charge is 0.485 e. The molecule has 0 aliphatic carbocycles. The SMILES string of the molecule is OC[C@H]1OC(B(O)O)[C@H](O)[C@@H]1O.